The van der Waals surface area contributed by atoms with Crippen molar-refractivity contribution in [3.63, 3.8) is 0 Å². The molecule has 0 aliphatic rings. The van der Waals surface area contributed by atoms with Gasteiger partial charge in [0, 0.05) is 28.9 Å². The third-order valence-electron chi connectivity index (χ3n) is 3.36. The zero-order chi connectivity index (χ0) is 14.3. The molecule has 106 valence electrons. The maximum absolute atomic E-state index is 12.2. The van der Waals surface area contributed by atoms with Crippen molar-refractivity contribution in [3.8, 4) is 0 Å². The molecule has 0 spiro atoms. The molecule has 0 aromatic rings. The number of nitrogens with two attached hydrogens (primary N) is 1. The lowest BCUT2D eigenvalue weighted by Crippen LogP contribution is -2.50. The molecule has 0 aromatic carbocycles. The molecule has 0 radical (unpaired) electrons. The SMILES string of the molecule is CCC(CC)(C(=O)NCC(C)S(C)=O)C(N)=NO. The van der Waals surface area contributed by atoms with E-state index in [9.17, 15) is 9.00 Å². The van der Waals surface area contributed by atoms with Gasteiger partial charge in [0.1, 0.15) is 5.41 Å². The molecule has 0 bridgehead atoms. The number of carbonyl (C=O) groups is 1. The van der Waals surface area contributed by atoms with Crippen molar-refractivity contribution in [2.75, 3.05) is 12.8 Å². The van der Waals surface area contributed by atoms with Crippen molar-refractivity contribution in [1.29, 1.82) is 0 Å². The molecular weight excluding hydrogens is 254 g/mol. The lowest BCUT2D eigenvalue weighted by molar-refractivity contribution is -0.127. The van der Waals surface area contributed by atoms with Gasteiger partial charge in [-0.05, 0) is 19.8 Å². The predicted octanol–water partition coefficient (Wildman–Crippen LogP) is 0.422. The van der Waals surface area contributed by atoms with E-state index in [1.807, 2.05) is 13.8 Å². The van der Waals surface area contributed by atoms with Gasteiger partial charge in [0.15, 0.2) is 5.84 Å². The van der Waals surface area contributed by atoms with Gasteiger partial charge in [0.25, 0.3) is 0 Å². The van der Waals surface area contributed by atoms with E-state index in [1.165, 1.54) is 0 Å². The van der Waals surface area contributed by atoms with E-state index < -0.39 is 16.2 Å². The van der Waals surface area contributed by atoms with E-state index in [-0.39, 0.29) is 17.0 Å². The van der Waals surface area contributed by atoms with Crippen molar-refractivity contribution >= 4 is 22.5 Å². The molecule has 7 heteroatoms. The highest BCUT2D eigenvalue weighted by molar-refractivity contribution is 7.84. The van der Waals surface area contributed by atoms with Crippen LogP contribution in [0.2, 0.25) is 0 Å². The molecule has 1 amide bonds. The number of hydrogen-bond donors (Lipinski definition) is 3. The zero-order valence-electron chi connectivity index (χ0n) is 11.4. The Hall–Kier alpha value is -1.11. The van der Waals surface area contributed by atoms with E-state index in [2.05, 4.69) is 10.5 Å². The van der Waals surface area contributed by atoms with Crippen molar-refractivity contribution in [3.05, 3.63) is 0 Å². The molecule has 2 unspecified atom stereocenters. The number of nitrogens with zero attached hydrogens (tertiary/aromatic N) is 1. The Labute approximate surface area is 110 Å². The Morgan fingerprint density at radius 1 is 1.50 bits per heavy atom. The second-order valence-electron chi connectivity index (χ2n) is 4.29. The maximum Gasteiger partial charge on any atom is 0.233 e. The Bertz CT molecular complexity index is 340. The van der Waals surface area contributed by atoms with E-state index in [0.717, 1.165) is 0 Å². The van der Waals surface area contributed by atoms with Gasteiger partial charge in [0.05, 0.1) is 0 Å². The number of carbonyl (C=O) groups excluding carboxylic acids is 1. The summed E-state index contributed by atoms with van der Waals surface area (Å²) in [6.45, 7) is 5.72. The van der Waals surface area contributed by atoms with Gasteiger partial charge < -0.3 is 16.3 Å². The molecule has 0 fully saturated rings. The molecule has 0 aliphatic heterocycles. The third kappa shape index (κ3) is 3.69. The van der Waals surface area contributed by atoms with E-state index in [1.54, 1.807) is 13.2 Å². The van der Waals surface area contributed by atoms with Crippen LogP contribution < -0.4 is 11.1 Å². The van der Waals surface area contributed by atoms with Gasteiger partial charge in [-0.1, -0.05) is 19.0 Å². The van der Waals surface area contributed by atoms with Crippen LogP contribution >= 0.6 is 0 Å². The van der Waals surface area contributed by atoms with Crippen LogP contribution in [0.5, 0.6) is 0 Å². The summed E-state index contributed by atoms with van der Waals surface area (Å²) in [7, 11) is -0.996. The lowest BCUT2D eigenvalue weighted by Gasteiger charge is -2.29. The van der Waals surface area contributed by atoms with Crippen molar-refractivity contribution in [1.82, 2.24) is 5.32 Å². The highest BCUT2D eigenvalue weighted by Gasteiger charge is 2.39. The highest BCUT2D eigenvalue weighted by atomic mass is 32.2. The molecule has 0 rings (SSSR count). The van der Waals surface area contributed by atoms with Crippen LogP contribution in [0, 0.1) is 5.41 Å². The predicted molar refractivity (Wildman–Crippen MR) is 73.0 cm³/mol. The number of amidine groups is 1. The average molecular weight is 277 g/mol. The fourth-order valence-corrected chi connectivity index (χ4v) is 1.99. The van der Waals surface area contributed by atoms with Crippen LogP contribution in [-0.2, 0) is 15.6 Å². The fraction of sp³-hybridized carbons (Fsp3) is 0.818. The standard InChI is InChI=1S/C11H23N3O3S/c1-5-11(6-2,9(12)14-16)10(15)13-7-8(3)18(4)17/h8,16H,5-7H2,1-4H3,(H2,12,14)(H,13,15). The van der Waals surface area contributed by atoms with Crippen LogP contribution in [0.3, 0.4) is 0 Å². The topological polar surface area (TPSA) is 105 Å². The second-order valence-corrected chi connectivity index (χ2v) is 6.10. The molecule has 0 saturated carbocycles. The molecule has 18 heavy (non-hydrogen) atoms. The Kier molecular flexibility index (Phi) is 6.90. The average Bonchev–Trinajstić information content (AvgIpc) is 2.37. The number of oxime groups is 1. The Morgan fingerprint density at radius 2 is 2.00 bits per heavy atom. The Balaban J connectivity index is 4.85. The summed E-state index contributed by atoms with van der Waals surface area (Å²) < 4.78 is 11.2. The number of nitrogens with one attached hydrogen (secondary N) is 1. The number of amides is 1. The van der Waals surface area contributed by atoms with Gasteiger partial charge in [-0.3, -0.25) is 9.00 Å². The van der Waals surface area contributed by atoms with Crippen LogP contribution in [-0.4, -0.2) is 39.2 Å². The minimum atomic E-state index is -0.996. The zero-order valence-corrected chi connectivity index (χ0v) is 12.2. The van der Waals surface area contributed by atoms with E-state index in [0.29, 0.717) is 19.4 Å². The molecule has 0 heterocycles. The quantitative estimate of drug-likeness (QED) is 0.271. The maximum atomic E-state index is 12.2. The first kappa shape index (κ1) is 16.9. The van der Waals surface area contributed by atoms with Gasteiger partial charge >= 0.3 is 0 Å². The molecule has 0 aromatic heterocycles. The van der Waals surface area contributed by atoms with Crippen molar-refractivity contribution < 1.29 is 14.2 Å². The first-order valence-corrected chi connectivity index (χ1v) is 7.56. The summed E-state index contributed by atoms with van der Waals surface area (Å²) >= 11 is 0. The van der Waals surface area contributed by atoms with Crippen LogP contribution in [0.15, 0.2) is 5.16 Å². The Morgan fingerprint density at radius 3 is 2.33 bits per heavy atom. The third-order valence-corrected chi connectivity index (χ3v) is 4.66. The molecular formula is C11H23N3O3S. The smallest absolute Gasteiger partial charge is 0.233 e. The summed E-state index contributed by atoms with van der Waals surface area (Å²) in [5, 5.41) is 14.3. The molecule has 4 N–H and O–H groups in total. The molecule has 6 nitrogen and oxygen atoms in total. The van der Waals surface area contributed by atoms with Crippen LogP contribution in [0.4, 0.5) is 0 Å². The van der Waals surface area contributed by atoms with E-state index in [4.69, 9.17) is 10.9 Å². The molecule has 0 aliphatic carbocycles. The van der Waals surface area contributed by atoms with Crippen LogP contribution in [0.1, 0.15) is 33.6 Å². The summed E-state index contributed by atoms with van der Waals surface area (Å²) in [6.07, 6.45) is 2.47. The normalized spacial score (nSPS) is 16.1. The summed E-state index contributed by atoms with van der Waals surface area (Å²) in [6, 6.07) is 0. The van der Waals surface area contributed by atoms with Crippen molar-refractivity contribution in [2.45, 2.75) is 38.9 Å². The monoisotopic (exact) mass is 277 g/mol. The van der Waals surface area contributed by atoms with Gasteiger partial charge in [-0.25, -0.2) is 0 Å². The van der Waals surface area contributed by atoms with Gasteiger partial charge in [-0.15, -0.1) is 0 Å². The molecule has 2 atom stereocenters. The van der Waals surface area contributed by atoms with Gasteiger partial charge in [-0.2, -0.15) is 0 Å². The van der Waals surface area contributed by atoms with Crippen LogP contribution in [0.25, 0.3) is 0 Å². The second kappa shape index (κ2) is 7.35. The molecule has 0 saturated heterocycles. The summed E-state index contributed by atoms with van der Waals surface area (Å²) in [5.41, 5.74) is 4.62. The first-order chi connectivity index (χ1) is 8.35. The van der Waals surface area contributed by atoms with Crippen molar-refractivity contribution in [2.24, 2.45) is 16.3 Å². The van der Waals surface area contributed by atoms with Gasteiger partial charge in [0.2, 0.25) is 5.91 Å². The lowest BCUT2D eigenvalue weighted by atomic mass is 9.80. The number of rotatable bonds is 7. The highest BCUT2D eigenvalue weighted by Crippen LogP contribution is 2.26. The fourth-order valence-electron chi connectivity index (χ4n) is 1.67. The van der Waals surface area contributed by atoms with E-state index >= 15 is 0 Å². The summed E-state index contributed by atoms with van der Waals surface area (Å²) in [5.74, 6) is -0.379. The summed E-state index contributed by atoms with van der Waals surface area (Å²) in [4.78, 5) is 12.2. The number of hydrogen-bond acceptors (Lipinski definition) is 4. The minimum absolute atomic E-state index is 0.0877. The largest absolute Gasteiger partial charge is 0.409 e. The minimum Gasteiger partial charge on any atom is -0.409 e. The first-order valence-electron chi connectivity index (χ1n) is 5.94.